The molecule has 0 saturated heterocycles. The molecule has 288 valence electrons. The molecule has 0 unspecified atom stereocenters. The van der Waals surface area contributed by atoms with Crippen LogP contribution in [0.15, 0.2) is 176 Å². The topological polar surface area (TPSA) is 6.48 Å². The van der Waals surface area contributed by atoms with E-state index in [1.807, 2.05) is 0 Å². The van der Waals surface area contributed by atoms with E-state index >= 15 is 0 Å². The molecule has 0 N–H and O–H groups in total. The Morgan fingerprint density at radius 2 is 0.850 bits per heavy atom. The Balaban J connectivity index is 1.10. The van der Waals surface area contributed by atoms with Gasteiger partial charge in [-0.1, -0.05) is 169 Å². The summed E-state index contributed by atoms with van der Waals surface area (Å²) in [5.41, 5.74) is 24.5. The lowest BCUT2D eigenvalue weighted by Crippen LogP contribution is -2.61. The lowest BCUT2D eigenvalue weighted by atomic mass is 9.33. The average molecular weight is 771 g/mol. The smallest absolute Gasteiger partial charge is 0.252 e. The van der Waals surface area contributed by atoms with Gasteiger partial charge in [-0.2, -0.15) is 0 Å². The Labute approximate surface area is 354 Å². The van der Waals surface area contributed by atoms with Crippen molar-refractivity contribution in [1.82, 2.24) is 0 Å². The summed E-state index contributed by atoms with van der Waals surface area (Å²) in [5.74, 6) is 0. The normalized spacial score (nSPS) is 14.9. The minimum atomic E-state index is -0.369. The first-order valence-electron chi connectivity index (χ1n) is 21.6. The van der Waals surface area contributed by atoms with Gasteiger partial charge >= 0.3 is 0 Å². The molecule has 0 bridgehead atoms. The van der Waals surface area contributed by atoms with E-state index in [-0.39, 0.29) is 23.0 Å². The molecule has 1 spiro atoms. The zero-order valence-electron chi connectivity index (χ0n) is 35.2. The van der Waals surface area contributed by atoms with Crippen LogP contribution in [-0.2, 0) is 16.2 Å². The number of hydrogen-bond acceptors (Lipinski definition) is 2. The first kappa shape index (κ1) is 35.4. The van der Waals surface area contributed by atoms with Gasteiger partial charge in [-0.05, 0) is 131 Å². The number of rotatable bonds is 2. The standard InChI is InChI=1S/C57H47BN2/c1-55(2,3)36-17-15-18-38(33-36)60-52-28-16-27-51-54(52)58(49-32-29-37(34-53(49)60)56(4,5)6)48-25-13-14-26-50(48)59(51)39-30-31-47-43(35-39)42-21-9-12-24-46(42)57(47)44-22-10-7-19-40(44)41-20-8-11-23-45(41)57/h7-35H,1-6H3. The lowest BCUT2D eigenvalue weighted by molar-refractivity contribution is 0.590. The van der Waals surface area contributed by atoms with Gasteiger partial charge in [-0.25, -0.2) is 0 Å². The van der Waals surface area contributed by atoms with Crippen molar-refractivity contribution in [1.29, 1.82) is 0 Å². The van der Waals surface area contributed by atoms with E-state index in [0.717, 1.165) is 0 Å². The number of benzene rings is 8. The minimum absolute atomic E-state index is 0.00474. The molecule has 2 nitrogen and oxygen atoms in total. The third-order valence-corrected chi connectivity index (χ3v) is 14.0. The van der Waals surface area contributed by atoms with Crippen LogP contribution in [0.5, 0.6) is 0 Å². The SMILES string of the molecule is CC(C)(C)c1cccc(N2c3cc(C(C)(C)C)ccc3B3c4ccccc4N(c4ccc5c(c4)-c4ccccc4C54c5ccccc5-c5ccccc54)c4cccc2c43)c1. The van der Waals surface area contributed by atoms with Crippen LogP contribution in [0.4, 0.5) is 34.1 Å². The van der Waals surface area contributed by atoms with Gasteiger partial charge in [0.1, 0.15) is 0 Å². The fraction of sp³-hybridized carbons (Fsp3) is 0.158. The summed E-state index contributed by atoms with van der Waals surface area (Å²) in [6.07, 6.45) is 0. The van der Waals surface area contributed by atoms with Gasteiger partial charge in [0.25, 0.3) is 6.71 Å². The molecular formula is C57H47BN2. The average Bonchev–Trinajstić information content (AvgIpc) is 3.72. The van der Waals surface area contributed by atoms with Crippen LogP contribution >= 0.6 is 0 Å². The van der Waals surface area contributed by atoms with Gasteiger partial charge in [-0.15, -0.1) is 0 Å². The summed E-state index contributed by atoms with van der Waals surface area (Å²) in [5, 5.41) is 0. The van der Waals surface area contributed by atoms with Crippen molar-refractivity contribution < 1.29 is 0 Å². The summed E-state index contributed by atoms with van der Waals surface area (Å²) in [4.78, 5) is 5.10. The van der Waals surface area contributed by atoms with Crippen molar-refractivity contribution in [3.05, 3.63) is 209 Å². The number of para-hydroxylation sites is 1. The van der Waals surface area contributed by atoms with Crippen LogP contribution in [0.3, 0.4) is 0 Å². The highest BCUT2D eigenvalue weighted by molar-refractivity contribution is 7.00. The number of hydrogen-bond donors (Lipinski definition) is 0. The maximum atomic E-state index is 2.55. The monoisotopic (exact) mass is 770 g/mol. The molecule has 60 heavy (non-hydrogen) atoms. The third kappa shape index (κ3) is 4.66. The molecule has 8 aromatic rings. The second-order valence-corrected chi connectivity index (χ2v) is 19.3. The molecule has 0 atom stereocenters. The van der Waals surface area contributed by atoms with E-state index in [1.54, 1.807) is 0 Å². The number of anilines is 6. The molecule has 0 fully saturated rings. The molecule has 0 saturated carbocycles. The zero-order chi connectivity index (χ0) is 40.7. The van der Waals surface area contributed by atoms with Gasteiger partial charge in [0.05, 0.1) is 5.41 Å². The summed E-state index contributed by atoms with van der Waals surface area (Å²) in [7, 11) is 0. The summed E-state index contributed by atoms with van der Waals surface area (Å²) in [6, 6.07) is 67.2. The molecule has 2 aliphatic heterocycles. The van der Waals surface area contributed by atoms with Gasteiger partial charge in [0.2, 0.25) is 0 Å². The highest BCUT2D eigenvalue weighted by atomic mass is 15.2. The van der Waals surface area contributed by atoms with Crippen molar-refractivity contribution in [3.8, 4) is 22.3 Å². The number of fused-ring (bicyclic) bond motifs is 14. The van der Waals surface area contributed by atoms with Crippen molar-refractivity contribution in [2.24, 2.45) is 0 Å². The molecule has 4 aliphatic rings. The van der Waals surface area contributed by atoms with Crippen molar-refractivity contribution in [2.75, 3.05) is 9.80 Å². The van der Waals surface area contributed by atoms with E-state index in [2.05, 4.69) is 227 Å². The Morgan fingerprint density at radius 3 is 1.50 bits per heavy atom. The van der Waals surface area contributed by atoms with Crippen LogP contribution in [0, 0.1) is 0 Å². The Kier molecular flexibility index (Phi) is 7.22. The second kappa shape index (κ2) is 12.2. The van der Waals surface area contributed by atoms with Crippen LogP contribution in [-0.4, -0.2) is 6.71 Å². The predicted molar refractivity (Wildman–Crippen MR) is 254 cm³/mol. The van der Waals surface area contributed by atoms with Gasteiger partial charge in [-0.3, -0.25) is 0 Å². The molecule has 0 radical (unpaired) electrons. The van der Waals surface area contributed by atoms with Crippen LogP contribution < -0.4 is 26.2 Å². The summed E-state index contributed by atoms with van der Waals surface area (Å²) in [6.45, 7) is 14.0. The zero-order valence-corrected chi connectivity index (χ0v) is 35.2. The maximum absolute atomic E-state index is 2.55. The van der Waals surface area contributed by atoms with E-state index in [4.69, 9.17) is 0 Å². The van der Waals surface area contributed by atoms with Crippen molar-refractivity contribution in [3.63, 3.8) is 0 Å². The lowest BCUT2D eigenvalue weighted by Gasteiger charge is -2.44. The van der Waals surface area contributed by atoms with E-state index in [0.29, 0.717) is 0 Å². The van der Waals surface area contributed by atoms with E-state index in [1.165, 1.54) is 106 Å². The fourth-order valence-corrected chi connectivity index (χ4v) is 11.2. The number of nitrogens with zero attached hydrogens (tertiary/aromatic N) is 2. The Morgan fingerprint density at radius 1 is 0.367 bits per heavy atom. The van der Waals surface area contributed by atoms with E-state index in [9.17, 15) is 0 Å². The summed E-state index contributed by atoms with van der Waals surface area (Å²) >= 11 is 0. The van der Waals surface area contributed by atoms with Gasteiger partial charge < -0.3 is 9.80 Å². The van der Waals surface area contributed by atoms with E-state index < -0.39 is 0 Å². The molecular weight excluding hydrogens is 723 g/mol. The van der Waals surface area contributed by atoms with Crippen LogP contribution in [0.2, 0.25) is 0 Å². The summed E-state index contributed by atoms with van der Waals surface area (Å²) < 4.78 is 0. The molecule has 8 aromatic carbocycles. The Bertz CT molecular complexity index is 3060. The first-order chi connectivity index (χ1) is 29.0. The van der Waals surface area contributed by atoms with Crippen molar-refractivity contribution >= 4 is 57.2 Å². The molecule has 3 heteroatoms. The highest BCUT2D eigenvalue weighted by Crippen LogP contribution is 2.63. The van der Waals surface area contributed by atoms with Gasteiger partial charge in [0, 0.05) is 34.1 Å². The van der Waals surface area contributed by atoms with Crippen molar-refractivity contribution in [2.45, 2.75) is 57.8 Å². The Hall–Kier alpha value is -6.58. The molecule has 2 heterocycles. The molecule has 2 aliphatic carbocycles. The fourth-order valence-electron chi connectivity index (χ4n) is 11.2. The van der Waals surface area contributed by atoms with Crippen LogP contribution in [0.25, 0.3) is 22.3 Å². The second-order valence-electron chi connectivity index (χ2n) is 19.3. The molecule has 0 amide bonds. The quantitative estimate of drug-likeness (QED) is 0.162. The highest BCUT2D eigenvalue weighted by Gasteiger charge is 2.52. The third-order valence-electron chi connectivity index (χ3n) is 14.0. The predicted octanol–water partition coefficient (Wildman–Crippen LogP) is 12.7. The van der Waals surface area contributed by atoms with Crippen LogP contribution in [0.1, 0.15) is 74.9 Å². The molecule has 0 aromatic heterocycles. The minimum Gasteiger partial charge on any atom is -0.311 e. The maximum Gasteiger partial charge on any atom is 0.252 e. The molecule has 12 rings (SSSR count). The first-order valence-corrected chi connectivity index (χ1v) is 21.6. The van der Waals surface area contributed by atoms with Gasteiger partial charge in [0.15, 0.2) is 0 Å². The largest absolute Gasteiger partial charge is 0.311 e.